The molecule has 1 aromatic heterocycles. The van der Waals surface area contributed by atoms with Crippen LogP contribution in [0.5, 0.6) is 0 Å². The molecule has 1 unspecified atom stereocenters. The van der Waals surface area contributed by atoms with Crippen LogP contribution in [-0.4, -0.2) is 36.9 Å². The van der Waals surface area contributed by atoms with Crippen molar-refractivity contribution in [2.45, 2.75) is 12.5 Å². The van der Waals surface area contributed by atoms with E-state index in [-0.39, 0.29) is 29.1 Å². The Morgan fingerprint density at radius 1 is 1.17 bits per heavy atom. The zero-order chi connectivity index (χ0) is 17.2. The van der Waals surface area contributed by atoms with Gasteiger partial charge in [0, 0.05) is 28.6 Å². The topological polar surface area (TPSA) is 88.2 Å². The van der Waals surface area contributed by atoms with Gasteiger partial charge < -0.3 is 10.6 Å². The van der Waals surface area contributed by atoms with E-state index >= 15 is 0 Å². The maximum absolute atomic E-state index is 12.2. The second-order valence-electron chi connectivity index (χ2n) is 5.64. The summed E-state index contributed by atoms with van der Waals surface area (Å²) < 4.78 is 22.9. The summed E-state index contributed by atoms with van der Waals surface area (Å²) >= 11 is 5.85. The first-order valence-corrected chi connectivity index (χ1v) is 9.61. The van der Waals surface area contributed by atoms with Gasteiger partial charge in [-0.15, -0.1) is 0 Å². The first-order chi connectivity index (χ1) is 11.4. The molecule has 0 radical (unpaired) electrons. The van der Waals surface area contributed by atoms with Gasteiger partial charge in [0.15, 0.2) is 9.84 Å². The minimum Gasteiger partial charge on any atom is -0.355 e. The molecule has 1 saturated heterocycles. The SMILES string of the molecule is O=C(NC1CCS(=O)(=O)C1)c1cc(Nc2ccc(Cl)cc2)ccn1. The molecule has 126 valence electrons. The Morgan fingerprint density at radius 2 is 1.92 bits per heavy atom. The molecule has 1 atom stereocenters. The smallest absolute Gasteiger partial charge is 0.270 e. The number of anilines is 2. The number of pyridine rings is 1. The lowest BCUT2D eigenvalue weighted by Gasteiger charge is -2.11. The Bertz CT molecular complexity index is 853. The van der Waals surface area contributed by atoms with Gasteiger partial charge in [-0.2, -0.15) is 0 Å². The largest absolute Gasteiger partial charge is 0.355 e. The quantitative estimate of drug-likeness (QED) is 0.868. The number of aromatic nitrogens is 1. The number of hydrogen-bond donors (Lipinski definition) is 2. The van der Waals surface area contributed by atoms with Crippen LogP contribution in [0.2, 0.25) is 5.02 Å². The van der Waals surface area contributed by atoms with Crippen LogP contribution in [-0.2, 0) is 9.84 Å². The molecule has 8 heteroatoms. The van der Waals surface area contributed by atoms with Gasteiger partial charge in [-0.05, 0) is 42.8 Å². The third kappa shape index (κ3) is 4.24. The number of sulfone groups is 1. The highest BCUT2D eigenvalue weighted by molar-refractivity contribution is 7.91. The lowest BCUT2D eigenvalue weighted by Crippen LogP contribution is -2.36. The minimum absolute atomic E-state index is 0.0124. The number of nitrogens with zero attached hydrogens (tertiary/aromatic N) is 1. The van der Waals surface area contributed by atoms with E-state index < -0.39 is 9.84 Å². The van der Waals surface area contributed by atoms with E-state index in [2.05, 4.69) is 15.6 Å². The maximum atomic E-state index is 12.2. The van der Waals surface area contributed by atoms with Crippen LogP contribution in [0.25, 0.3) is 0 Å². The maximum Gasteiger partial charge on any atom is 0.270 e. The molecule has 1 aromatic carbocycles. The summed E-state index contributed by atoms with van der Waals surface area (Å²) in [5, 5.41) is 6.52. The summed E-state index contributed by atoms with van der Waals surface area (Å²) in [5.41, 5.74) is 1.77. The second-order valence-corrected chi connectivity index (χ2v) is 8.30. The molecule has 2 N–H and O–H groups in total. The monoisotopic (exact) mass is 365 g/mol. The summed E-state index contributed by atoms with van der Waals surface area (Å²) in [7, 11) is -3.03. The van der Waals surface area contributed by atoms with Gasteiger partial charge in [-0.1, -0.05) is 11.6 Å². The zero-order valence-corrected chi connectivity index (χ0v) is 14.3. The van der Waals surface area contributed by atoms with Crippen molar-refractivity contribution in [3.8, 4) is 0 Å². The van der Waals surface area contributed by atoms with Gasteiger partial charge in [-0.3, -0.25) is 9.78 Å². The van der Waals surface area contributed by atoms with E-state index in [1.165, 1.54) is 6.20 Å². The molecule has 1 fully saturated rings. The Balaban J connectivity index is 1.68. The number of hydrogen-bond acceptors (Lipinski definition) is 5. The van der Waals surface area contributed by atoms with E-state index in [1.807, 2.05) is 12.1 Å². The fraction of sp³-hybridized carbons (Fsp3) is 0.250. The Labute approximate surface area is 145 Å². The lowest BCUT2D eigenvalue weighted by atomic mass is 10.2. The van der Waals surface area contributed by atoms with Crippen LogP contribution in [0.15, 0.2) is 42.6 Å². The van der Waals surface area contributed by atoms with E-state index in [0.717, 1.165) is 5.69 Å². The Kier molecular flexibility index (Phi) is 4.73. The molecule has 6 nitrogen and oxygen atoms in total. The summed E-state index contributed by atoms with van der Waals surface area (Å²) in [6, 6.07) is 10.2. The van der Waals surface area contributed by atoms with E-state index in [9.17, 15) is 13.2 Å². The number of rotatable bonds is 4. The van der Waals surface area contributed by atoms with Crippen molar-refractivity contribution in [3.63, 3.8) is 0 Å². The highest BCUT2D eigenvalue weighted by atomic mass is 35.5. The Morgan fingerprint density at radius 3 is 2.58 bits per heavy atom. The van der Waals surface area contributed by atoms with Crippen molar-refractivity contribution in [2.24, 2.45) is 0 Å². The average Bonchev–Trinajstić information content (AvgIpc) is 2.88. The molecule has 2 aromatic rings. The van der Waals surface area contributed by atoms with E-state index in [1.54, 1.807) is 24.3 Å². The lowest BCUT2D eigenvalue weighted by molar-refractivity contribution is 0.0936. The highest BCUT2D eigenvalue weighted by Crippen LogP contribution is 2.19. The van der Waals surface area contributed by atoms with E-state index in [4.69, 9.17) is 11.6 Å². The zero-order valence-electron chi connectivity index (χ0n) is 12.7. The predicted molar refractivity (Wildman–Crippen MR) is 93.5 cm³/mol. The third-order valence-corrected chi connectivity index (χ3v) is 5.71. The first-order valence-electron chi connectivity index (χ1n) is 7.41. The highest BCUT2D eigenvalue weighted by Gasteiger charge is 2.29. The van der Waals surface area contributed by atoms with Crippen LogP contribution >= 0.6 is 11.6 Å². The van der Waals surface area contributed by atoms with Crippen LogP contribution in [0.1, 0.15) is 16.9 Å². The fourth-order valence-corrected chi connectivity index (χ4v) is 4.30. The van der Waals surface area contributed by atoms with Crippen LogP contribution in [0.3, 0.4) is 0 Å². The van der Waals surface area contributed by atoms with Gasteiger partial charge >= 0.3 is 0 Å². The minimum atomic E-state index is -3.03. The molecular formula is C16H16ClN3O3S. The number of benzene rings is 1. The van der Waals surface area contributed by atoms with Crippen molar-refractivity contribution < 1.29 is 13.2 Å². The van der Waals surface area contributed by atoms with Gasteiger partial charge in [0.25, 0.3) is 5.91 Å². The van der Waals surface area contributed by atoms with E-state index in [0.29, 0.717) is 17.1 Å². The van der Waals surface area contributed by atoms with Crippen molar-refractivity contribution in [3.05, 3.63) is 53.3 Å². The molecule has 24 heavy (non-hydrogen) atoms. The first kappa shape index (κ1) is 16.7. The van der Waals surface area contributed by atoms with Gasteiger partial charge in [0.05, 0.1) is 11.5 Å². The number of carbonyl (C=O) groups is 1. The molecule has 0 saturated carbocycles. The number of amides is 1. The Hall–Kier alpha value is -2.12. The molecular weight excluding hydrogens is 350 g/mol. The van der Waals surface area contributed by atoms with Crippen molar-refractivity contribution in [1.82, 2.24) is 10.3 Å². The average molecular weight is 366 g/mol. The number of nitrogens with one attached hydrogen (secondary N) is 2. The summed E-state index contributed by atoms with van der Waals surface area (Å²) in [6.45, 7) is 0. The molecule has 0 spiro atoms. The molecule has 1 aliphatic rings. The standard InChI is InChI=1S/C16H16ClN3O3S/c17-11-1-3-12(4-2-11)19-13-5-7-18-15(9-13)16(21)20-14-6-8-24(22,23)10-14/h1-5,7,9,14H,6,8,10H2,(H,18,19)(H,20,21). The van der Waals surface area contributed by atoms with Crippen LogP contribution in [0, 0.1) is 0 Å². The molecule has 3 rings (SSSR count). The summed E-state index contributed by atoms with van der Waals surface area (Å²) in [5.74, 6) is -0.276. The van der Waals surface area contributed by atoms with Gasteiger partial charge in [-0.25, -0.2) is 8.42 Å². The van der Waals surface area contributed by atoms with Crippen molar-refractivity contribution in [2.75, 3.05) is 16.8 Å². The second kappa shape index (κ2) is 6.78. The summed E-state index contributed by atoms with van der Waals surface area (Å²) in [4.78, 5) is 16.3. The molecule has 2 heterocycles. The molecule has 0 aliphatic carbocycles. The van der Waals surface area contributed by atoms with Gasteiger partial charge in [0.1, 0.15) is 5.69 Å². The van der Waals surface area contributed by atoms with Crippen LogP contribution < -0.4 is 10.6 Å². The molecule has 1 amide bonds. The summed E-state index contributed by atoms with van der Waals surface area (Å²) in [6.07, 6.45) is 1.97. The normalized spacial score (nSPS) is 19.0. The fourth-order valence-electron chi connectivity index (χ4n) is 2.50. The number of carbonyl (C=O) groups excluding carboxylic acids is 1. The predicted octanol–water partition coefficient (Wildman–Crippen LogP) is 2.40. The van der Waals surface area contributed by atoms with Crippen molar-refractivity contribution >= 4 is 38.7 Å². The number of halogens is 1. The molecule has 1 aliphatic heterocycles. The van der Waals surface area contributed by atoms with Crippen molar-refractivity contribution in [1.29, 1.82) is 0 Å². The third-order valence-electron chi connectivity index (χ3n) is 3.69. The van der Waals surface area contributed by atoms with Gasteiger partial charge in [0.2, 0.25) is 0 Å². The molecule has 0 bridgehead atoms. The van der Waals surface area contributed by atoms with Crippen LogP contribution in [0.4, 0.5) is 11.4 Å².